The lowest BCUT2D eigenvalue weighted by atomic mass is 10.1. The van der Waals surface area contributed by atoms with Crippen molar-refractivity contribution in [2.45, 2.75) is 12.8 Å². The number of hydrogen-bond donors (Lipinski definition) is 1. The molecule has 0 fully saturated rings. The molecule has 1 aromatic heterocycles. The maximum absolute atomic E-state index is 13.0. The van der Waals surface area contributed by atoms with Crippen LogP contribution in [0.1, 0.15) is 11.1 Å². The summed E-state index contributed by atoms with van der Waals surface area (Å²) < 4.78 is 50.4. The van der Waals surface area contributed by atoms with E-state index in [9.17, 15) is 13.2 Å². The van der Waals surface area contributed by atoms with Gasteiger partial charge >= 0.3 is 6.18 Å². The summed E-state index contributed by atoms with van der Waals surface area (Å²) in [5.41, 5.74) is 2.28. The van der Waals surface area contributed by atoms with Crippen LogP contribution in [0, 0.1) is 6.57 Å². The van der Waals surface area contributed by atoms with Gasteiger partial charge in [-0.1, -0.05) is 36.4 Å². The highest BCUT2D eigenvalue weighted by Crippen LogP contribution is 2.35. The Morgan fingerprint density at radius 2 is 1.82 bits per heavy atom. The van der Waals surface area contributed by atoms with Crippen molar-refractivity contribution in [2.75, 3.05) is 7.11 Å². The Kier molecular flexibility index (Phi) is 6.05. The molecule has 5 nitrogen and oxygen atoms in total. The minimum absolute atomic E-state index is 0.321. The van der Waals surface area contributed by atoms with Crippen LogP contribution in [0.2, 0.25) is 0 Å². The Hall–Kier alpha value is -4.25. The van der Waals surface area contributed by atoms with Crippen molar-refractivity contribution in [3.8, 4) is 34.1 Å². The van der Waals surface area contributed by atoms with E-state index >= 15 is 0 Å². The third-order valence-electron chi connectivity index (χ3n) is 4.96. The van der Waals surface area contributed by atoms with Crippen LogP contribution in [0.5, 0.6) is 11.5 Å². The molecule has 4 aromatic rings. The second-order valence-electron chi connectivity index (χ2n) is 7.14. The molecule has 0 atom stereocenters. The highest BCUT2D eigenvalue weighted by Gasteiger charge is 2.30. The lowest BCUT2D eigenvalue weighted by Gasteiger charge is -2.11. The summed E-state index contributed by atoms with van der Waals surface area (Å²) in [7, 11) is 1.52. The number of alkyl halides is 3. The molecule has 0 unspecified atom stereocenters. The van der Waals surface area contributed by atoms with Gasteiger partial charge in [0.15, 0.2) is 5.69 Å². The molecule has 0 amide bonds. The number of methoxy groups -OCH3 is 1. The highest BCUT2D eigenvalue weighted by atomic mass is 19.4. The Morgan fingerprint density at radius 1 is 1.03 bits per heavy atom. The van der Waals surface area contributed by atoms with E-state index in [1.165, 1.54) is 13.2 Å². The summed E-state index contributed by atoms with van der Waals surface area (Å²) in [5, 5.41) is 0. The third-order valence-corrected chi connectivity index (χ3v) is 4.96. The normalized spacial score (nSPS) is 11.1. The number of imidazole rings is 1. The van der Waals surface area contributed by atoms with Crippen molar-refractivity contribution in [1.29, 1.82) is 0 Å². The molecule has 166 valence electrons. The summed E-state index contributed by atoms with van der Waals surface area (Å²) >= 11 is 0. The molecule has 0 aliphatic carbocycles. The number of nitrogens with zero attached hydrogens (tertiary/aromatic N) is 2. The number of aromatic amines is 1. The monoisotopic (exact) mass is 449 g/mol. The molecule has 0 saturated carbocycles. The largest absolute Gasteiger partial charge is 0.496 e. The van der Waals surface area contributed by atoms with Gasteiger partial charge < -0.3 is 14.5 Å². The lowest BCUT2D eigenvalue weighted by Crippen LogP contribution is -2.04. The van der Waals surface area contributed by atoms with Crippen LogP contribution >= 0.6 is 0 Å². The van der Waals surface area contributed by atoms with Crippen LogP contribution in [0.25, 0.3) is 27.5 Å². The number of ether oxygens (including phenoxy) is 2. The molecule has 1 heterocycles. The Bertz CT molecular complexity index is 1310. The summed E-state index contributed by atoms with van der Waals surface area (Å²) in [4.78, 5) is 10.8. The van der Waals surface area contributed by atoms with Crippen molar-refractivity contribution >= 4 is 5.69 Å². The minimum atomic E-state index is -4.43. The molecule has 1 N–H and O–H groups in total. The molecular formula is C25H18F3N3O2. The number of hydrogen-bond acceptors (Lipinski definition) is 3. The van der Waals surface area contributed by atoms with Crippen molar-refractivity contribution in [3.63, 3.8) is 0 Å². The van der Waals surface area contributed by atoms with Crippen LogP contribution < -0.4 is 9.47 Å². The van der Waals surface area contributed by atoms with Gasteiger partial charge in [-0.15, -0.1) is 0 Å². The Balaban J connectivity index is 1.54. The summed E-state index contributed by atoms with van der Waals surface area (Å²) in [6, 6.07) is 17.4. The third kappa shape index (κ3) is 4.99. The van der Waals surface area contributed by atoms with Gasteiger partial charge in [-0.3, -0.25) is 0 Å². The van der Waals surface area contributed by atoms with E-state index in [0.29, 0.717) is 46.4 Å². The first kappa shape index (κ1) is 22.0. The number of rotatable bonds is 6. The molecule has 8 heteroatoms. The maximum atomic E-state index is 13.0. The summed E-state index contributed by atoms with van der Waals surface area (Å²) in [6.45, 7) is 7.32. The van der Waals surface area contributed by atoms with Crippen LogP contribution in [0.4, 0.5) is 18.9 Å². The lowest BCUT2D eigenvalue weighted by molar-refractivity contribution is -0.137. The fraction of sp³-hybridized carbons (Fsp3) is 0.120. The average Bonchev–Trinajstić information content (AvgIpc) is 3.32. The van der Waals surface area contributed by atoms with E-state index in [0.717, 1.165) is 17.7 Å². The van der Waals surface area contributed by atoms with E-state index in [2.05, 4.69) is 14.8 Å². The molecule has 0 aliphatic rings. The van der Waals surface area contributed by atoms with Gasteiger partial charge in [-0.05, 0) is 29.8 Å². The SMILES string of the molecule is [C-]#[N+]c1ccc(COc2ccc(-c3c[nH]c(-c4cccc(C(F)(F)F)c4)n3)c(OC)c2)cc1. The molecule has 0 saturated heterocycles. The first-order valence-corrected chi connectivity index (χ1v) is 9.88. The minimum Gasteiger partial charge on any atom is -0.496 e. The van der Waals surface area contributed by atoms with Crippen LogP contribution in [-0.2, 0) is 12.8 Å². The van der Waals surface area contributed by atoms with Gasteiger partial charge in [0, 0.05) is 23.4 Å². The summed E-state index contributed by atoms with van der Waals surface area (Å²) in [6.07, 6.45) is -2.81. The van der Waals surface area contributed by atoms with Gasteiger partial charge in [0.25, 0.3) is 0 Å². The molecule has 3 aromatic carbocycles. The number of aromatic nitrogens is 2. The second kappa shape index (κ2) is 9.09. The average molecular weight is 449 g/mol. The number of H-pyrrole nitrogens is 1. The van der Waals surface area contributed by atoms with E-state index < -0.39 is 11.7 Å². The van der Waals surface area contributed by atoms with Gasteiger partial charge in [0.2, 0.25) is 0 Å². The topological polar surface area (TPSA) is 51.5 Å². The zero-order chi connectivity index (χ0) is 23.4. The molecule has 0 radical (unpaired) electrons. The van der Waals surface area contributed by atoms with E-state index in [1.54, 1.807) is 42.6 Å². The molecular weight excluding hydrogens is 431 g/mol. The van der Waals surface area contributed by atoms with Crippen LogP contribution in [-0.4, -0.2) is 17.1 Å². The van der Waals surface area contributed by atoms with Gasteiger partial charge in [0.1, 0.15) is 23.9 Å². The predicted molar refractivity (Wildman–Crippen MR) is 118 cm³/mol. The molecule has 33 heavy (non-hydrogen) atoms. The Labute approximate surface area is 188 Å². The molecule has 0 aliphatic heterocycles. The zero-order valence-corrected chi connectivity index (χ0v) is 17.5. The smallest absolute Gasteiger partial charge is 0.416 e. The van der Waals surface area contributed by atoms with E-state index in [4.69, 9.17) is 16.0 Å². The zero-order valence-electron chi connectivity index (χ0n) is 17.5. The Morgan fingerprint density at radius 3 is 2.52 bits per heavy atom. The number of nitrogens with one attached hydrogen (secondary N) is 1. The second-order valence-corrected chi connectivity index (χ2v) is 7.14. The van der Waals surface area contributed by atoms with E-state index in [1.807, 2.05) is 12.1 Å². The highest BCUT2D eigenvalue weighted by molar-refractivity contribution is 5.71. The van der Waals surface area contributed by atoms with Crippen molar-refractivity contribution < 1.29 is 22.6 Å². The maximum Gasteiger partial charge on any atom is 0.416 e. The number of benzene rings is 3. The molecule has 4 rings (SSSR count). The molecule has 0 spiro atoms. The summed E-state index contributed by atoms with van der Waals surface area (Å²) in [5.74, 6) is 1.41. The first-order valence-electron chi connectivity index (χ1n) is 9.88. The standard InChI is InChI=1S/C25H18F3N3O2/c1-29-19-8-6-16(7-9-19)15-33-20-10-11-21(23(13-20)32-2)22-14-30-24(31-22)17-4-3-5-18(12-17)25(26,27)28/h3-14H,15H2,2H3,(H,30,31). The van der Waals surface area contributed by atoms with Crippen molar-refractivity contribution in [3.05, 3.63) is 95.5 Å². The first-order chi connectivity index (χ1) is 15.9. The van der Waals surface area contributed by atoms with Gasteiger partial charge in [0.05, 0.1) is 24.9 Å². The van der Waals surface area contributed by atoms with Crippen molar-refractivity contribution in [1.82, 2.24) is 9.97 Å². The van der Waals surface area contributed by atoms with E-state index in [-0.39, 0.29) is 0 Å². The molecule has 0 bridgehead atoms. The quantitative estimate of drug-likeness (QED) is 0.326. The fourth-order valence-corrected chi connectivity index (χ4v) is 3.26. The van der Waals surface area contributed by atoms with Gasteiger partial charge in [-0.2, -0.15) is 13.2 Å². The van der Waals surface area contributed by atoms with Crippen LogP contribution in [0.3, 0.4) is 0 Å². The van der Waals surface area contributed by atoms with Gasteiger partial charge in [-0.25, -0.2) is 9.83 Å². The van der Waals surface area contributed by atoms with Crippen molar-refractivity contribution in [2.24, 2.45) is 0 Å². The van der Waals surface area contributed by atoms with Crippen LogP contribution in [0.15, 0.2) is 72.9 Å². The number of halogens is 3. The fourth-order valence-electron chi connectivity index (χ4n) is 3.26. The predicted octanol–water partition coefficient (Wildman–Crippen LogP) is 6.90.